The van der Waals surface area contributed by atoms with Gasteiger partial charge >= 0.3 is 6.36 Å². The zero-order valence-corrected chi connectivity index (χ0v) is 14.0. The van der Waals surface area contributed by atoms with E-state index in [-0.39, 0.29) is 5.75 Å². The van der Waals surface area contributed by atoms with Crippen LogP contribution in [0.2, 0.25) is 0 Å². The lowest BCUT2D eigenvalue weighted by atomic mass is 10.1. The van der Waals surface area contributed by atoms with Gasteiger partial charge in [-0.2, -0.15) is 0 Å². The van der Waals surface area contributed by atoms with Crippen molar-refractivity contribution in [2.24, 2.45) is 0 Å². The molecule has 8 heteroatoms. The Kier molecular flexibility index (Phi) is 3.99. The topological polar surface area (TPSA) is 44.1 Å². The van der Waals surface area contributed by atoms with Gasteiger partial charge in [-0.1, -0.05) is 6.07 Å². The lowest BCUT2D eigenvalue weighted by molar-refractivity contribution is -0.274. The van der Waals surface area contributed by atoms with Gasteiger partial charge in [-0.25, -0.2) is 4.98 Å². The second-order valence-electron chi connectivity index (χ2n) is 5.61. The fourth-order valence-electron chi connectivity index (χ4n) is 2.83. The summed E-state index contributed by atoms with van der Waals surface area (Å²) in [5.41, 5.74) is 3.08. The molecule has 4 nitrogen and oxygen atoms in total. The lowest BCUT2D eigenvalue weighted by Crippen LogP contribution is -2.16. The first-order valence-electron chi connectivity index (χ1n) is 7.59. The Morgan fingerprint density at radius 1 is 1.15 bits per heavy atom. The zero-order chi connectivity index (χ0) is 18.3. The van der Waals surface area contributed by atoms with E-state index in [1.807, 2.05) is 16.7 Å². The molecule has 4 rings (SSSR count). The number of rotatable bonds is 3. The minimum atomic E-state index is -4.71. The van der Waals surface area contributed by atoms with Crippen molar-refractivity contribution in [3.8, 4) is 28.4 Å². The van der Waals surface area contributed by atoms with Crippen molar-refractivity contribution in [2.45, 2.75) is 17.1 Å². The van der Waals surface area contributed by atoms with Crippen molar-refractivity contribution in [3.05, 3.63) is 54.2 Å². The van der Waals surface area contributed by atoms with Crippen LogP contribution in [0.15, 0.2) is 53.6 Å². The fraction of sp³-hybridized carbons (Fsp3) is 0.111. The molecule has 0 N–H and O–H groups in total. The first kappa shape index (κ1) is 16.7. The van der Waals surface area contributed by atoms with E-state index in [0.29, 0.717) is 11.4 Å². The van der Waals surface area contributed by atoms with Crippen LogP contribution in [0.1, 0.15) is 10.4 Å². The highest BCUT2D eigenvalue weighted by atomic mass is 32.2. The number of benzene rings is 2. The van der Waals surface area contributed by atoms with Crippen LogP contribution in [-0.2, 0) is 5.88 Å². The first-order valence-corrected chi connectivity index (χ1v) is 8.57. The number of aldehydes is 1. The van der Waals surface area contributed by atoms with Crippen LogP contribution in [-0.4, -0.2) is 22.2 Å². The third kappa shape index (κ3) is 3.08. The van der Waals surface area contributed by atoms with Gasteiger partial charge in [0.1, 0.15) is 17.9 Å². The van der Waals surface area contributed by atoms with Crippen molar-refractivity contribution < 1.29 is 22.7 Å². The smallest absolute Gasteiger partial charge is 0.406 e. The number of alkyl halides is 3. The summed E-state index contributed by atoms with van der Waals surface area (Å²) >= 11 is 1.58. The van der Waals surface area contributed by atoms with Crippen LogP contribution >= 0.6 is 11.8 Å². The number of aromatic nitrogens is 2. The summed E-state index contributed by atoms with van der Waals surface area (Å²) in [5, 5.41) is 0. The monoisotopic (exact) mass is 376 g/mol. The highest BCUT2D eigenvalue weighted by molar-refractivity contribution is 7.98. The quantitative estimate of drug-likeness (QED) is 0.604. The second kappa shape index (κ2) is 6.21. The summed E-state index contributed by atoms with van der Waals surface area (Å²) in [6.07, 6.45) is -2.21. The van der Waals surface area contributed by atoms with E-state index in [2.05, 4.69) is 9.72 Å². The Hall–Kier alpha value is -2.74. The summed E-state index contributed by atoms with van der Waals surface area (Å²) in [4.78, 5) is 16.4. The molecule has 132 valence electrons. The van der Waals surface area contributed by atoms with Gasteiger partial charge in [0.25, 0.3) is 0 Å². The number of halogens is 3. The molecule has 26 heavy (non-hydrogen) atoms. The van der Waals surface area contributed by atoms with Crippen molar-refractivity contribution >= 4 is 18.0 Å². The van der Waals surface area contributed by atoms with Gasteiger partial charge in [-0.05, 0) is 36.4 Å². The van der Waals surface area contributed by atoms with Gasteiger partial charge in [0, 0.05) is 21.6 Å². The van der Waals surface area contributed by atoms with Gasteiger partial charge in [0.2, 0.25) is 0 Å². The van der Waals surface area contributed by atoms with E-state index in [4.69, 9.17) is 0 Å². The Bertz CT molecular complexity index is 981. The molecular formula is C18H11F3N2O2S. The normalized spacial score (nSPS) is 13.0. The molecule has 0 unspecified atom stereocenters. The van der Waals surface area contributed by atoms with Crippen molar-refractivity contribution in [3.63, 3.8) is 0 Å². The van der Waals surface area contributed by atoms with Crippen LogP contribution in [0, 0.1) is 0 Å². The van der Waals surface area contributed by atoms with E-state index in [0.717, 1.165) is 33.8 Å². The molecule has 1 aliphatic heterocycles. The fourth-order valence-corrected chi connectivity index (χ4v) is 3.89. The average molecular weight is 376 g/mol. The minimum absolute atomic E-state index is 0.263. The van der Waals surface area contributed by atoms with E-state index < -0.39 is 6.36 Å². The Morgan fingerprint density at radius 2 is 1.92 bits per heavy atom. The van der Waals surface area contributed by atoms with Crippen LogP contribution in [0.4, 0.5) is 13.2 Å². The molecule has 0 radical (unpaired) electrons. The summed E-state index contributed by atoms with van der Waals surface area (Å²) in [5.74, 6) is 1.10. The number of carbonyl (C=O) groups is 1. The lowest BCUT2D eigenvalue weighted by Gasteiger charge is -2.20. The molecule has 2 heterocycles. The van der Waals surface area contributed by atoms with E-state index in [1.54, 1.807) is 36.2 Å². The molecule has 3 aromatic rings. The standard InChI is InChI=1S/C18H11F3N2O2S/c19-18(20,21)25-13-4-2-12(3-5-13)15-8-22-17-14-6-1-11(9-24)7-16(14)26-10-23(15)17/h1-9H,10H2. The van der Waals surface area contributed by atoms with Crippen LogP contribution < -0.4 is 4.74 Å². The van der Waals surface area contributed by atoms with E-state index in [1.165, 1.54) is 12.1 Å². The van der Waals surface area contributed by atoms with E-state index >= 15 is 0 Å². The average Bonchev–Trinajstić information content (AvgIpc) is 3.05. The summed E-state index contributed by atoms with van der Waals surface area (Å²) in [6, 6.07) is 11.1. The SMILES string of the molecule is O=Cc1ccc2c(c1)SCn1c(-c3ccc(OC(F)(F)F)cc3)cnc1-2. The summed E-state index contributed by atoms with van der Waals surface area (Å²) < 4.78 is 42.7. The third-order valence-electron chi connectivity index (χ3n) is 3.97. The number of hydrogen-bond acceptors (Lipinski definition) is 4. The zero-order valence-electron chi connectivity index (χ0n) is 13.2. The predicted octanol–water partition coefficient (Wildman–Crippen LogP) is 4.99. The molecule has 0 fully saturated rings. The highest BCUT2D eigenvalue weighted by Gasteiger charge is 2.31. The Labute approximate surface area is 150 Å². The van der Waals surface area contributed by atoms with Crippen LogP contribution in [0.25, 0.3) is 22.6 Å². The maximum atomic E-state index is 12.3. The molecule has 0 saturated carbocycles. The van der Waals surface area contributed by atoms with Crippen molar-refractivity contribution in [2.75, 3.05) is 0 Å². The highest BCUT2D eigenvalue weighted by Crippen LogP contribution is 2.40. The van der Waals surface area contributed by atoms with Gasteiger partial charge in [0.05, 0.1) is 17.8 Å². The number of thioether (sulfide) groups is 1. The molecule has 0 spiro atoms. The number of hydrogen-bond donors (Lipinski definition) is 0. The first-order chi connectivity index (χ1) is 12.4. The van der Waals surface area contributed by atoms with Crippen LogP contribution in [0.5, 0.6) is 5.75 Å². The molecule has 2 aromatic carbocycles. The maximum Gasteiger partial charge on any atom is 0.573 e. The molecule has 0 saturated heterocycles. The second-order valence-corrected chi connectivity index (χ2v) is 6.60. The molecular weight excluding hydrogens is 365 g/mol. The third-order valence-corrected chi connectivity index (χ3v) is 5.01. The minimum Gasteiger partial charge on any atom is -0.406 e. The van der Waals surface area contributed by atoms with Crippen molar-refractivity contribution in [1.82, 2.24) is 9.55 Å². The predicted molar refractivity (Wildman–Crippen MR) is 91.0 cm³/mol. The Balaban J connectivity index is 1.68. The molecule has 0 amide bonds. The van der Waals surface area contributed by atoms with Crippen LogP contribution in [0.3, 0.4) is 0 Å². The molecule has 1 aliphatic rings. The number of fused-ring (bicyclic) bond motifs is 3. The van der Waals surface area contributed by atoms with Crippen molar-refractivity contribution in [1.29, 1.82) is 0 Å². The largest absolute Gasteiger partial charge is 0.573 e. The summed E-state index contributed by atoms with van der Waals surface area (Å²) in [7, 11) is 0. The molecule has 1 aromatic heterocycles. The molecule has 0 atom stereocenters. The number of imidazole rings is 1. The molecule has 0 bridgehead atoms. The van der Waals surface area contributed by atoms with Gasteiger partial charge in [-0.15, -0.1) is 24.9 Å². The maximum absolute atomic E-state index is 12.3. The number of carbonyl (C=O) groups excluding carboxylic acids is 1. The Morgan fingerprint density at radius 3 is 2.62 bits per heavy atom. The number of ether oxygens (including phenoxy) is 1. The van der Waals surface area contributed by atoms with Gasteiger partial charge in [0.15, 0.2) is 0 Å². The number of nitrogens with zero attached hydrogens (tertiary/aromatic N) is 2. The molecule has 0 aliphatic carbocycles. The van der Waals surface area contributed by atoms with Gasteiger partial charge < -0.3 is 9.30 Å². The summed E-state index contributed by atoms with van der Waals surface area (Å²) in [6.45, 7) is 0. The van der Waals surface area contributed by atoms with Gasteiger partial charge in [-0.3, -0.25) is 4.79 Å². The van der Waals surface area contributed by atoms with E-state index in [9.17, 15) is 18.0 Å².